The third-order valence-corrected chi connectivity index (χ3v) is 7.91. The first-order valence-electron chi connectivity index (χ1n) is 11.0. The molecule has 3 aromatic rings. The van der Waals surface area contributed by atoms with E-state index in [0.717, 1.165) is 24.9 Å². The van der Waals surface area contributed by atoms with Crippen LogP contribution in [0, 0.1) is 3.70 Å². The zero-order chi connectivity index (χ0) is 25.6. The number of aliphatic hydroxyl groups is 3. The standard InChI is InChI=1S/C25H29BrClIN2O5/c1-25(2,18-5-8-23(22(26)9-18)35-14-19(32)10-27)17-3-6-21(7-4-17)34-15-20(33)12-30-24(28)16(13-31)11-29-30/h3-9,11,19-20,31-33H,10,12-15H2,1-2H3/t19-,20-/m1/s1. The van der Waals surface area contributed by atoms with E-state index < -0.39 is 12.2 Å². The number of halogens is 3. The molecule has 2 aromatic carbocycles. The van der Waals surface area contributed by atoms with Crippen LogP contribution in [-0.2, 0) is 18.6 Å². The minimum Gasteiger partial charge on any atom is -0.491 e. The highest BCUT2D eigenvalue weighted by molar-refractivity contribution is 14.1. The Hall–Kier alpha value is -1.37. The van der Waals surface area contributed by atoms with Crippen LogP contribution in [0.3, 0.4) is 0 Å². The minimum atomic E-state index is -0.741. The van der Waals surface area contributed by atoms with Gasteiger partial charge in [-0.15, -0.1) is 11.6 Å². The molecule has 0 radical (unpaired) electrons. The van der Waals surface area contributed by atoms with E-state index in [2.05, 4.69) is 57.5 Å². The van der Waals surface area contributed by atoms with Gasteiger partial charge < -0.3 is 24.8 Å². The normalized spacial score (nSPS) is 13.5. The molecular formula is C25H29BrClIN2O5. The second-order valence-electron chi connectivity index (χ2n) is 8.68. The summed E-state index contributed by atoms with van der Waals surface area (Å²) in [5.41, 5.74) is 2.65. The van der Waals surface area contributed by atoms with Crippen LogP contribution in [0.5, 0.6) is 11.5 Å². The van der Waals surface area contributed by atoms with Crippen molar-refractivity contribution in [1.29, 1.82) is 0 Å². The summed E-state index contributed by atoms with van der Waals surface area (Å²) < 4.78 is 14.7. The van der Waals surface area contributed by atoms with Crippen molar-refractivity contribution < 1.29 is 24.8 Å². The van der Waals surface area contributed by atoms with Gasteiger partial charge in [-0.3, -0.25) is 4.68 Å². The zero-order valence-corrected chi connectivity index (χ0v) is 24.0. The maximum Gasteiger partial charge on any atom is 0.133 e. The van der Waals surface area contributed by atoms with E-state index >= 15 is 0 Å². The van der Waals surface area contributed by atoms with Crippen molar-refractivity contribution in [2.24, 2.45) is 0 Å². The molecule has 2 atom stereocenters. The molecule has 3 N–H and O–H groups in total. The Morgan fingerprint density at radius 2 is 1.71 bits per heavy atom. The molecule has 35 heavy (non-hydrogen) atoms. The number of benzene rings is 2. The summed E-state index contributed by atoms with van der Waals surface area (Å²) in [5.74, 6) is 1.43. The van der Waals surface area contributed by atoms with E-state index in [9.17, 15) is 15.3 Å². The monoisotopic (exact) mass is 678 g/mol. The van der Waals surface area contributed by atoms with Crippen molar-refractivity contribution in [2.45, 2.75) is 44.6 Å². The van der Waals surface area contributed by atoms with Crippen molar-refractivity contribution in [2.75, 3.05) is 19.1 Å². The smallest absolute Gasteiger partial charge is 0.133 e. The quantitative estimate of drug-likeness (QED) is 0.193. The van der Waals surface area contributed by atoms with E-state index in [-0.39, 0.29) is 37.7 Å². The third kappa shape index (κ3) is 7.33. The fraction of sp³-hybridized carbons (Fsp3) is 0.400. The van der Waals surface area contributed by atoms with Crippen molar-refractivity contribution in [3.05, 3.63) is 73.5 Å². The first kappa shape index (κ1) is 28.2. The van der Waals surface area contributed by atoms with E-state index in [1.165, 1.54) is 0 Å². The van der Waals surface area contributed by atoms with Crippen LogP contribution in [0.4, 0.5) is 0 Å². The molecule has 10 heteroatoms. The molecular weight excluding hydrogens is 651 g/mol. The summed E-state index contributed by atoms with van der Waals surface area (Å²) in [4.78, 5) is 0. The van der Waals surface area contributed by atoms with Crippen LogP contribution < -0.4 is 9.47 Å². The molecule has 0 spiro atoms. The first-order chi connectivity index (χ1) is 16.6. The van der Waals surface area contributed by atoms with Gasteiger partial charge in [0.15, 0.2) is 0 Å². The van der Waals surface area contributed by atoms with Crippen LogP contribution in [0.25, 0.3) is 0 Å². The Morgan fingerprint density at radius 3 is 2.31 bits per heavy atom. The van der Waals surface area contributed by atoms with E-state index in [0.29, 0.717) is 11.5 Å². The maximum atomic E-state index is 10.3. The lowest BCUT2D eigenvalue weighted by Crippen LogP contribution is -2.25. The van der Waals surface area contributed by atoms with Gasteiger partial charge in [-0.25, -0.2) is 0 Å². The van der Waals surface area contributed by atoms with Gasteiger partial charge in [-0.05, 0) is 73.9 Å². The summed E-state index contributed by atoms with van der Waals surface area (Å²) >= 11 is 11.3. The van der Waals surface area contributed by atoms with Crippen LogP contribution in [0.15, 0.2) is 53.1 Å². The van der Waals surface area contributed by atoms with Gasteiger partial charge in [0.1, 0.15) is 40.6 Å². The second kappa shape index (κ2) is 12.7. The predicted octanol–water partition coefficient (Wildman–Crippen LogP) is 4.49. The number of aromatic nitrogens is 2. The molecule has 1 aromatic heterocycles. The molecule has 0 aliphatic carbocycles. The Kier molecular flexibility index (Phi) is 10.3. The first-order valence-corrected chi connectivity index (χ1v) is 13.5. The molecule has 1 heterocycles. The highest BCUT2D eigenvalue weighted by atomic mass is 127. The zero-order valence-electron chi connectivity index (χ0n) is 19.5. The third-order valence-electron chi connectivity index (χ3n) is 5.68. The summed E-state index contributed by atoms with van der Waals surface area (Å²) in [5, 5.41) is 33.4. The lowest BCUT2D eigenvalue weighted by Gasteiger charge is -2.27. The lowest BCUT2D eigenvalue weighted by molar-refractivity contribution is 0.0885. The Labute approximate surface area is 232 Å². The van der Waals surface area contributed by atoms with E-state index in [4.69, 9.17) is 21.1 Å². The van der Waals surface area contributed by atoms with Crippen molar-refractivity contribution >= 4 is 50.1 Å². The summed E-state index contributed by atoms with van der Waals surface area (Å²) in [6, 6.07) is 13.7. The maximum absolute atomic E-state index is 10.3. The molecule has 7 nitrogen and oxygen atoms in total. The molecule has 0 aliphatic rings. The summed E-state index contributed by atoms with van der Waals surface area (Å²) in [6.07, 6.45) is 0.144. The molecule has 3 rings (SSSR count). The average Bonchev–Trinajstić information content (AvgIpc) is 3.20. The number of aliphatic hydroxyl groups excluding tert-OH is 3. The highest BCUT2D eigenvalue weighted by Crippen LogP contribution is 2.36. The topological polar surface area (TPSA) is 97.0 Å². The van der Waals surface area contributed by atoms with Gasteiger partial charge in [0, 0.05) is 11.0 Å². The molecule has 0 bridgehead atoms. The van der Waals surface area contributed by atoms with Crippen LogP contribution >= 0.6 is 50.1 Å². The number of nitrogens with zero attached hydrogens (tertiary/aromatic N) is 2. The Balaban J connectivity index is 1.60. The number of alkyl halides is 1. The van der Waals surface area contributed by atoms with Gasteiger partial charge in [0.05, 0.1) is 29.7 Å². The van der Waals surface area contributed by atoms with Gasteiger partial charge in [0.2, 0.25) is 0 Å². The van der Waals surface area contributed by atoms with Crippen molar-refractivity contribution in [1.82, 2.24) is 9.78 Å². The highest BCUT2D eigenvalue weighted by Gasteiger charge is 2.24. The molecule has 190 valence electrons. The number of hydrogen-bond donors (Lipinski definition) is 3. The van der Waals surface area contributed by atoms with Crippen molar-refractivity contribution in [3.63, 3.8) is 0 Å². The number of rotatable bonds is 12. The fourth-order valence-corrected chi connectivity index (χ4v) is 4.67. The second-order valence-corrected chi connectivity index (χ2v) is 10.9. The largest absolute Gasteiger partial charge is 0.491 e. The Bertz CT molecular complexity index is 1110. The molecule has 0 unspecified atom stereocenters. The van der Waals surface area contributed by atoms with Crippen LogP contribution in [0.1, 0.15) is 30.5 Å². The SMILES string of the molecule is CC(C)(c1ccc(OC[C@H](O)Cn2ncc(CO)c2I)cc1)c1ccc(OC[C@H](O)CCl)c(Br)c1. The molecule has 0 amide bonds. The Morgan fingerprint density at radius 1 is 1.06 bits per heavy atom. The summed E-state index contributed by atoms with van der Waals surface area (Å²) in [7, 11) is 0. The fourth-order valence-electron chi connectivity index (χ4n) is 3.46. The molecule has 0 saturated carbocycles. The minimum absolute atomic E-state index is 0.0822. The van der Waals surface area contributed by atoms with Gasteiger partial charge in [-0.2, -0.15) is 5.10 Å². The molecule has 0 fully saturated rings. The van der Waals surface area contributed by atoms with Crippen LogP contribution in [0.2, 0.25) is 0 Å². The van der Waals surface area contributed by atoms with Gasteiger partial charge >= 0.3 is 0 Å². The summed E-state index contributed by atoms with van der Waals surface area (Å²) in [6.45, 7) is 4.73. The predicted molar refractivity (Wildman–Crippen MR) is 147 cm³/mol. The van der Waals surface area contributed by atoms with Gasteiger partial charge in [0.25, 0.3) is 0 Å². The van der Waals surface area contributed by atoms with Gasteiger partial charge in [-0.1, -0.05) is 32.0 Å². The number of ether oxygens (including phenoxy) is 2. The molecule has 0 aliphatic heterocycles. The average molecular weight is 680 g/mol. The van der Waals surface area contributed by atoms with E-state index in [1.54, 1.807) is 10.9 Å². The van der Waals surface area contributed by atoms with Crippen LogP contribution in [-0.4, -0.2) is 56.4 Å². The molecule has 0 saturated heterocycles. The number of hydrogen-bond acceptors (Lipinski definition) is 6. The van der Waals surface area contributed by atoms with Crippen molar-refractivity contribution in [3.8, 4) is 11.5 Å². The lowest BCUT2D eigenvalue weighted by atomic mass is 9.78. The van der Waals surface area contributed by atoms with E-state index in [1.807, 2.05) is 42.5 Å².